The first-order valence-electron chi connectivity index (χ1n) is 8.34. The first kappa shape index (κ1) is 17.0. The van der Waals surface area contributed by atoms with E-state index in [4.69, 9.17) is 15.3 Å². The number of nitrogen functional groups attached to an aromatic ring is 1. The average molecular weight is 373 g/mol. The van der Waals surface area contributed by atoms with Crippen LogP contribution in [0.4, 0.5) is 10.3 Å². The van der Waals surface area contributed by atoms with Crippen LogP contribution < -0.4 is 5.73 Å². The summed E-state index contributed by atoms with van der Waals surface area (Å²) in [5.74, 6) is -2.02. The van der Waals surface area contributed by atoms with Crippen LogP contribution in [0.15, 0.2) is 22.9 Å². The highest BCUT2D eigenvalue weighted by Gasteiger charge is 2.29. The fraction of sp³-hybridized carbons (Fsp3) is 0.294. The first-order chi connectivity index (χ1) is 12.9. The lowest BCUT2D eigenvalue weighted by Gasteiger charge is -2.31. The normalized spacial score (nSPS) is 15.4. The van der Waals surface area contributed by atoms with Gasteiger partial charge >= 0.3 is 5.97 Å². The largest absolute Gasteiger partial charge is 0.477 e. The maximum absolute atomic E-state index is 13.9. The minimum absolute atomic E-state index is 0.0214. The number of carboxylic acids is 1. The van der Waals surface area contributed by atoms with Crippen molar-refractivity contribution in [3.8, 4) is 0 Å². The van der Waals surface area contributed by atoms with Crippen molar-refractivity contribution in [2.45, 2.75) is 18.8 Å². The summed E-state index contributed by atoms with van der Waals surface area (Å²) in [6, 6.07) is 1.49. The second-order valence-electron chi connectivity index (χ2n) is 6.40. The van der Waals surface area contributed by atoms with Crippen LogP contribution in [0.5, 0.6) is 0 Å². The Labute approximate surface area is 152 Å². The molecule has 0 atom stereocenters. The molecule has 4 rings (SSSR count). The number of amides is 1. The summed E-state index contributed by atoms with van der Waals surface area (Å²) < 4.78 is 19.1. The summed E-state index contributed by atoms with van der Waals surface area (Å²) >= 11 is 0. The van der Waals surface area contributed by atoms with E-state index >= 15 is 0 Å². The van der Waals surface area contributed by atoms with Gasteiger partial charge in [-0.25, -0.2) is 19.2 Å². The number of carbonyl (C=O) groups excluding carboxylic acids is 1. The Bertz CT molecular complexity index is 1040. The number of likely N-dealkylation sites (tertiary alicyclic amines) is 1. The molecule has 10 heteroatoms. The summed E-state index contributed by atoms with van der Waals surface area (Å²) in [7, 11) is 0. The zero-order chi connectivity index (χ0) is 19.1. The summed E-state index contributed by atoms with van der Waals surface area (Å²) in [6.45, 7) is 0.831. The highest BCUT2D eigenvalue weighted by molar-refractivity contribution is 6.04. The van der Waals surface area contributed by atoms with Gasteiger partial charge in [0.25, 0.3) is 5.91 Å². The first-order valence-corrected chi connectivity index (χ1v) is 8.34. The van der Waals surface area contributed by atoms with Gasteiger partial charge in [-0.1, -0.05) is 0 Å². The van der Waals surface area contributed by atoms with Crippen molar-refractivity contribution >= 4 is 28.9 Å². The maximum Gasteiger partial charge on any atom is 0.341 e. The Kier molecular flexibility index (Phi) is 4.02. The standard InChI is InChI=1S/C17H16FN5O4/c18-10-6-20-17(19)22-13(10)8-1-3-23(4-2-8)15(24)11-5-12-14(21-11)9(7-27-12)16(25)26/h5-8,21H,1-4H2,(H,25,26)(H2,19,20,22). The quantitative estimate of drug-likeness (QED) is 0.638. The van der Waals surface area contributed by atoms with Crippen molar-refractivity contribution in [3.05, 3.63) is 41.3 Å². The van der Waals surface area contributed by atoms with E-state index < -0.39 is 11.8 Å². The van der Waals surface area contributed by atoms with Gasteiger partial charge in [0.05, 0.1) is 17.4 Å². The number of rotatable bonds is 3. The van der Waals surface area contributed by atoms with Gasteiger partial charge < -0.3 is 25.1 Å². The lowest BCUT2D eigenvalue weighted by Crippen LogP contribution is -2.38. The number of nitrogens with zero attached hydrogens (tertiary/aromatic N) is 3. The molecule has 0 saturated carbocycles. The molecule has 27 heavy (non-hydrogen) atoms. The van der Waals surface area contributed by atoms with Crippen LogP contribution in [0.25, 0.3) is 11.1 Å². The fourth-order valence-corrected chi connectivity index (χ4v) is 3.39. The van der Waals surface area contributed by atoms with Gasteiger partial charge in [0.1, 0.15) is 17.5 Å². The minimum atomic E-state index is -1.14. The minimum Gasteiger partial charge on any atom is -0.477 e. The second kappa shape index (κ2) is 6.38. The zero-order valence-corrected chi connectivity index (χ0v) is 14.1. The predicted molar refractivity (Wildman–Crippen MR) is 91.8 cm³/mol. The van der Waals surface area contributed by atoms with Crippen molar-refractivity contribution in [1.82, 2.24) is 19.9 Å². The Balaban J connectivity index is 1.49. The van der Waals surface area contributed by atoms with Gasteiger partial charge in [-0.15, -0.1) is 0 Å². The van der Waals surface area contributed by atoms with Crippen molar-refractivity contribution in [3.63, 3.8) is 0 Å². The van der Waals surface area contributed by atoms with Gasteiger partial charge in [0, 0.05) is 25.1 Å². The predicted octanol–water partition coefficient (Wildman–Crippen LogP) is 1.99. The van der Waals surface area contributed by atoms with Crippen LogP contribution >= 0.6 is 0 Å². The second-order valence-corrected chi connectivity index (χ2v) is 6.40. The summed E-state index contributed by atoms with van der Waals surface area (Å²) in [5, 5.41) is 9.12. The smallest absolute Gasteiger partial charge is 0.341 e. The molecule has 0 radical (unpaired) electrons. The van der Waals surface area contributed by atoms with E-state index in [1.165, 1.54) is 6.07 Å². The average Bonchev–Trinajstić information content (AvgIpc) is 3.24. The van der Waals surface area contributed by atoms with Crippen LogP contribution in [0.3, 0.4) is 0 Å². The number of piperidine rings is 1. The van der Waals surface area contributed by atoms with Crippen LogP contribution in [0.2, 0.25) is 0 Å². The molecule has 0 unspecified atom stereocenters. The highest BCUT2D eigenvalue weighted by atomic mass is 19.1. The number of fused-ring (bicyclic) bond motifs is 1. The highest BCUT2D eigenvalue weighted by Crippen LogP contribution is 2.30. The number of hydrogen-bond acceptors (Lipinski definition) is 6. The van der Waals surface area contributed by atoms with E-state index in [0.29, 0.717) is 31.5 Å². The SMILES string of the molecule is Nc1ncc(F)c(C2CCN(C(=O)c3cc4occ(C(=O)O)c4[nH]3)CC2)n1. The number of anilines is 1. The topological polar surface area (TPSA) is 138 Å². The number of aromatic nitrogens is 3. The Morgan fingerprint density at radius 1 is 1.37 bits per heavy atom. The van der Waals surface area contributed by atoms with Gasteiger partial charge in [-0.3, -0.25) is 4.79 Å². The number of carboxylic acid groups (broad SMARTS) is 1. The molecular formula is C17H16FN5O4. The van der Waals surface area contributed by atoms with Gasteiger partial charge in [-0.2, -0.15) is 0 Å². The number of aromatic carboxylic acids is 1. The van der Waals surface area contributed by atoms with E-state index in [1.54, 1.807) is 4.90 Å². The van der Waals surface area contributed by atoms with Gasteiger partial charge in [-0.05, 0) is 12.8 Å². The summed E-state index contributed by atoms with van der Waals surface area (Å²) in [6.07, 6.45) is 3.26. The lowest BCUT2D eigenvalue weighted by molar-refractivity contribution is 0.0689. The Morgan fingerprint density at radius 3 is 2.81 bits per heavy atom. The summed E-state index contributed by atoms with van der Waals surface area (Å²) in [5.41, 5.74) is 6.62. The summed E-state index contributed by atoms with van der Waals surface area (Å²) in [4.78, 5) is 35.9. The molecule has 1 aliphatic heterocycles. The van der Waals surface area contributed by atoms with E-state index in [2.05, 4.69) is 15.0 Å². The Morgan fingerprint density at radius 2 is 2.11 bits per heavy atom. The number of nitrogens with one attached hydrogen (secondary N) is 1. The third-order valence-corrected chi connectivity index (χ3v) is 4.77. The van der Waals surface area contributed by atoms with Crippen molar-refractivity contribution < 1.29 is 23.5 Å². The zero-order valence-electron chi connectivity index (χ0n) is 14.1. The number of nitrogens with two attached hydrogens (primary N) is 1. The van der Waals surface area contributed by atoms with Crippen molar-refractivity contribution in [2.24, 2.45) is 0 Å². The molecule has 9 nitrogen and oxygen atoms in total. The molecule has 3 aromatic rings. The number of halogens is 1. The van der Waals surface area contributed by atoms with Crippen LogP contribution in [0.1, 0.15) is 45.3 Å². The molecule has 0 aliphatic carbocycles. The number of carbonyl (C=O) groups is 2. The number of hydrogen-bond donors (Lipinski definition) is 3. The van der Waals surface area contributed by atoms with Crippen LogP contribution in [0, 0.1) is 5.82 Å². The Hall–Kier alpha value is -3.43. The number of aromatic amines is 1. The maximum atomic E-state index is 13.9. The monoisotopic (exact) mass is 373 g/mol. The number of H-pyrrole nitrogens is 1. The van der Waals surface area contributed by atoms with E-state index in [9.17, 15) is 14.0 Å². The molecule has 1 aliphatic rings. The molecule has 3 aromatic heterocycles. The molecular weight excluding hydrogens is 357 g/mol. The molecule has 1 amide bonds. The fourth-order valence-electron chi connectivity index (χ4n) is 3.39. The molecule has 1 fully saturated rings. The molecule has 0 aromatic carbocycles. The molecule has 1 saturated heterocycles. The molecule has 4 N–H and O–H groups in total. The van der Waals surface area contributed by atoms with Crippen LogP contribution in [-0.4, -0.2) is 49.9 Å². The number of furan rings is 1. The molecule has 0 bridgehead atoms. The van der Waals surface area contributed by atoms with Crippen molar-refractivity contribution in [1.29, 1.82) is 0 Å². The van der Waals surface area contributed by atoms with E-state index in [-0.39, 0.29) is 40.2 Å². The molecule has 4 heterocycles. The van der Waals surface area contributed by atoms with Crippen LogP contribution in [-0.2, 0) is 0 Å². The van der Waals surface area contributed by atoms with Gasteiger partial charge in [0.15, 0.2) is 11.4 Å². The third-order valence-electron chi connectivity index (χ3n) is 4.77. The van der Waals surface area contributed by atoms with E-state index in [1.807, 2.05) is 0 Å². The third kappa shape index (κ3) is 2.98. The molecule has 140 valence electrons. The van der Waals surface area contributed by atoms with E-state index in [0.717, 1.165) is 12.5 Å². The lowest BCUT2D eigenvalue weighted by atomic mass is 9.93. The van der Waals surface area contributed by atoms with Crippen molar-refractivity contribution in [2.75, 3.05) is 18.8 Å². The van der Waals surface area contributed by atoms with Gasteiger partial charge in [0.2, 0.25) is 5.95 Å². The molecule has 0 spiro atoms.